The van der Waals surface area contributed by atoms with Gasteiger partial charge >= 0.3 is 5.97 Å². The van der Waals surface area contributed by atoms with Crippen molar-refractivity contribution in [2.45, 2.75) is 12.8 Å². The zero-order chi connectivity index (χ0) is 17.4. The van der Waals surface area contributed by atoms with Crippen LogP contribution < -0.4 is 14.8 Å². The Labute approximate surface area is 143 Å². The summed E-state index contributed by atoms with van der Waals surface area (Å²) < 4.78 is 10.3. The first-order chi connectivity index (χ1) is 11.6. The van der Waals surface area contributed by atoms with Crippen molar-refractivity contribution in [2.75, 3.05) is 13.7 Å². The van der Waals surface area contributed by atoms with Crippen molar-refractivity contribution in [1.82, 2.24) is 5.32 Å². The van der Waals surface area contributed by atoms with Crippen molar-refractivity contribution in [3.05, 3.63) is 46.2 Å². The van der Waals surface area contributed by atoms with E-state index >= 15 is 0 Å². The highest BCUT2D eigenvalue weighted by atomic mass is 32.1. The maximum atomic E-state index is 11.9. The minimum absolute atomic E-state index is 0.146. The number of amides is 1. The molecule has 0 atom stereocenters. The maximum absolute atomic E-state index is 11.9. The van der Waals surface area contributed by atoms with Gasteiger partial charge < -0.3 is 14.8 Å². The van der Waals surface area contributed by atoms with E-state index in [1.54, 1.807) is 12.1 Å². The van der Waals surface area contributed by atoms with Crippen LogP contribution in [-0.4, -0.2) is 25.5 Å². The number of ether oxygens (including phenoxy) is 2. The van der Waals surface area contributed by atoms with Gasteiger partial charge in [0.1, 0.15) is 0 Å². The molecule has 0 unspecified atom stereocenters. The number of nitrogens with one attached hydrogen (secondary N) is 1. The second-order valence-electron chi connectivity index (χ2n) is 4.79. The Morgan fingerprint density at radius 1 is 1.29 bits per heavy atom. The lowest BCUT2D eigenvalue weighted by Gasteiger charge is -2.09. The summed E-state index contributed by atoms with van der Waals surface area (Å²) in [6, 6.07) is 10.1. The van der Waals surface area contributed by atoms with E-state index in [4.69, 9.17) is 14.7 Å². The van der Waals surface area contributed by atoms with Crippen LogP contribution in [0, 0.1) is 11.3 Å². The number of nitrogens with zero attached hydrogens (tertiary/aromatic N) is 1. The van der Waals surface area contributed by atoms with Crippen molar-refractivity contribution in [3.8, 4) is 17.6 Å². The lowest BCUT2D eigenvalue weighted by molar-refractivity contribution is -0.134. The van der Waals surface area contributed by atoms with Gasteiger partial charge in [-0.3, -0.25) is 9.59 Å². The summed E-state index contributed by atoms with van der Waals surface area (Å²) in [6.45, 7) is 0.385. The summed E-state index contributed by atoms with van der Waals surface area (Å²) in [6.07, 6.45) is 0.627. The van der Waals surface area contributed by atoms with Crippen LogP contribution in [0.3, 0.4) is 0 Å². The number of hydrogen-bond acceptors (Lipinski definition) is 6. The molecule has 0 saturated heterocycles. The summed E-state index contributed by atoms with van der Waals surface area (Å²) in [7, 11) is 1.44. The number of benzene rings is 1. The summed E-state index contributed by atoms with van der Waals surface area (Å²) in [5.74, 6) is 0.0213. The van der Waals surface area contributed by atoms with Gasteiger partial charge in [0.05, 0.1) is 23.6 Å². The van der Waals surface area contributed by atoms with Gasteiger partial charge in [-0.25, -0.2) is 0 Å². The summed E-state index contributed by atoms with van der Waals surface area (Å²) in [5, 5.41) is 13.4. The Kier molecular flexibility index (Phi) is 6.34. The van der Waals surface area contributed by atoms with Crippen LogP contribution in [-0.2, 0) is 4.79 Å². The van der Waals surface area contributed by atoms with Crippen LogP contribution in [0.5, 0.6) is 11.5 Å². The van der Waals surface area contributed by atoms with E-state index in [0.717, 1.165) is 0 Å². The highest BCUT2D eigenvalue weighted by Crippen LogP contribution is 2.28. The van der Waals surface area contributed by atoms with E-state index in [9.17, 15) is 9.59 Å². The quantitative estimate of drug-likeness (QED) is 0.474. The van der Waals surface area contributed by atoms with E-state index in [1.165, 1.54) is 30.6 Å². The van der Waals surface area contributed by atoms with Crippen LogP contribution in [0.4, 0.5) is 0 Å². The average molecular weight is 344 g/mol. The third kappa shape index (κ3) is 4.83. The van der Waals surface area contributed by atoms with Gasteiger partial charge in [-0.2, -0.15) is 5.26 Å². The van der Waals surface area contributed by atoms with Crippen molar-refractivity contribution in [2.24, 2.45) is 0 Å². The molecule has 1 aromatic carbocycles. The number of thiophene rings is 1. The monoisotopic (exact) mass is 344 g/mol. The number of esters is 1. The summed E-state index contributed by atoms with van der Waals surface area (Å²) in [5.41, 5.74) is 0.419. The Hall–Kier alpha value is -2.85. The van der Waals surface area contributed by atoms with Gasteiger partial charge in [-0.05, 0) is 30.0 Å². The molecule has 6 nitrogen and oxygen atoms in total. The average Bonchev–Trinajstić information content (AvgIpc) is 3.13. The number of methoxy groups -OCH3 is 1. The third-order valence-electron chi connectivity index (χ3n) is 3.10. The second kappa shape index (κ2) is 8.70. The minimum atomic E-state index is -0.427. The molecule has 0 spiro atoms. The topological polar surface area (TPSA) is 88.4 Å². The Morgan fingerprint density at radius 2 is 2.12 bits per heavy atom. The molecule has 2 aromatic rings. The smallest absolute Gasteiger partial charge is 0.311 e. The highest BCUT2D eigenvalue weighted by molar-refractivity contribution is 7.12. The first-order valence-corrected chi connectivity index (χ1v) is 8.12. The van der Waals surface area contributed by atoms with Crippen LogP contribution in [0.2, 0.25) is 0 Å². The number of nitriles is 1. The fourth-order valence-electron chi connectivity index (χ4n) is 1.92. The molecule has 1 N–H and O–H groups in total. The predicted molar refractivity (Wildman–Crippen MR) is 89.2 cm³/mol. The van der Waals surface area contributed by atoms with Crippen LogP contribution in [0.25, 0.3) is 0 Å². The number of carbonyl (C=O) groups excluding carboxylic acids is 2. The van der Waals surface area contributed by atoms with E-state index in [2.05, 4.69) is 5.32 Å². The molecule has 7 heteroatoms. The molecule has 1 amide bonds. The van der Waals surface area contributed by atoms with Gasteiger partial charge in [0.15, 0.2) is 11.5 Å². The largest absolute Gasteiger partial charge is 0.493 e. The lowest BCUT2D eigenvalue weighted by atomic mass is 10.2. The molecule has 0 fully saturated rings. The normalized spacial score (nSPS) is 9.83. The lowest BCUT2D eigenvalue weighted by Crippen LogP contribution is -2.24. The van der Waals surface area contributed by atoms with Crippen molar-refractivity contribution < 1.29 is 19.1 Å². The molecule has 1 aromatic heterocycles. The molecule has 0 bridgehead atoms. The molecule has 0 aliphatic heterocycles. The Bertz CT molecular complexity index is 750. The molecule has 0 radical (unpaired) electrons. The standard InChI is InChI=1S/C17H16N2O4S/c1-22-14-10-12(11-18)6-7-13(14)23-16(20)5-2-8-19-17(21)15-4-3-9-24-15/h3-4,6-7,9-10H,2,5,8H2,1H3,(H,19,21). The Balaban J connectivity index is 1.77. The van der Waals surface area contributed by atoms with E-state index < -0.39 is 5.97 Å². The van der Waals surface area contributed by atoms with Gasteiger partial charge in [-0.1, -0.05) is 6.07 Å². The molecule has 1 heterocycles. The number of hydrogen-bond donors (Lipinski definition) is 1. The zero-order valence-electron chi connectivity index (χ0n) is 13.1. The molecule has 0 aliphatic carbocycles. The predicted octanol–water partition coefficient (Wildman–Crippen LogP) is 2.74. The SMILES string of the molecule is COc1cc(C#N)ccc1OC(=O)CCCNC(=O)c1cccs1. The Morgan fingerprint density at radius 3 is 2.79 bits per heavy atom. The highest BCUT2D eigenvalue weighted by Gasteiger charge is 2.11. The maximum Gasteiger partial charge on any atom is 0.311 e. The third-order valence-corrected chi connectivity index (χ3v) is 3.97. The molecule has 124 valence electrons. The summed E-state index contributed by atoms with van der Waals surface area (Å²) >= 11 is 1.36. The second-order valence-corrected chi connectivity index (χ2v) is 5.74. The number of rotatable bonds is 7. The number of carbonyl (C=O) groups is 2. The van der Waals surface area contributed by atoms with Crippen LogP contribution in [0.15, 0.2) is 35.7 Å². The molecular weight excluding hydrogens is 328 g/mol. The van der Waals surface area contributed by atoms with Crippen molar-refractivity contribution in [3.63, 3.8) is 0 Å². The molecule has 0 saturated carbocycles. The summed E-state index contributed by atoms with van der Waals surface area (Å²) in [4.78, 5) is 24.2. The van der Waals surface area contributed by atoms with E-state index in [1.807, 2.05) is 17.5 Å². The van der Waals surface area contributed by atoms with E-state index in [0.29, 0.717) is 29.2 Å². The first kappa shape index (κ1) is 17.5. The molecule has 0 aliphatic rings. The zero-order valence-corrected chi connectivity index (χ0v) is 13.9. The minimum Gasteiger partial charge on any atom is -0.493 e. The van der Waals surface area contributed by atoms with Gasteiger partial charge in [-0.15, -0.1) is 11.3 Å². The molecule has 24 heavy (non-hydrogen) atoms. The fraction of sp³-hybridized carbons (Fsp3) is 0.235. The molecular formula is C17H16N2O4S. The first-order valence-electron chi connectivity index (χ1n) is 7.24. The van der Waals surface area contributed by atoms with Gasteiger partial charge in [0.25, 0.3) is 5.91 Å². The van der Waals surface area contributed by atoms with Crippen molar-refractivity contribution >= 4 is 23.2 Å². The van der Waals surface area contributed by atoms with Gasteiger partial charge in [0.2, 0.25) is 0 Å². The van der Waals surface area contributed by atoms with Crippen molar-refractivity contribution in [1.29, 1.82) is 5.26 Å². The fourth-order valence-corrected chi connectivity index (χ4v) is 2.56. The molecule has 2 rings (SSSR count). The van der Waals surface area contributed by atoms with Crippen LogP contribution in [0.1, 0.15) is 28.1 Å². The van der Waals surface area contributed by atoms with E-state index in [-0.39, 0.29) is 18.1 Å². The van der Waals surface area contributed by atoms with Crippen LogP contribution >= 0.6 is 11.3 Å². The van der Waals surface area contributed by atoms with Gasteiger partial charge in [0, 0.05) is 19.0 Å².